The second kappa shape index (κ2) is 12.3. The van der Waals surface area contributed by atoms with Gasteiger partial charge in [-0.05, 0) is 71.5 Å². The lowest BCUT2D eigenvalue weighted by Gasteiger charge is -2.19. The fourth-order valence-corrected chi connectivity index (χ4v) is 6.30. The van der Waals surface area contributed by atoms with Gasteiger partial charge in [-0.2, -0.15) is 0 Å². The van der Waals surface area contributed by atoms with Gasteiger partial charge in [0.2, 0.25) is 11.8 Å². The molecule has 1 unspecified atom stereocenters. The molecule has 1 aliphatic heterocycles. The molecule has 8 rings (SSSR count). The summed E-state index contributed by atoms with van der Waals surface area (Å²) in [6.45, 7) is 0.101. The number of imide groups is 1. The third kappa shape index (κ3) is 5.58. The third-order valence-corrected chi connectivity index (χ3v) is 8.95. The number of amides is 3. The Labute approximate surface area is 283 Å². The number of aryl methyl sites for hydroxylation is 1. The molecule has 1 fully saturated rings. The Hall–Kier alpha value is -6.80. The Morgan fingerprint density at radius 2 is 1.82 bits per heavy atom. The van der Waals surface area contributed by atoms with Gasteiger partial charge in [-0.3, -0.25) is 34.2 Å². The first-order chi connectivity index (χ1) is 24.3. The fraction of sp³-hybridized carbons (Fsp3) is 0.128. The third-order valence-electron chi connectivity index (χ3n) is 8.95. The lowest BCUT2D eigenvalue weighted by Crippen LogP contribution is -2.39. The molecule has 50 heavy (non-hydrogen) atoms. The molecule has 2 N–H and O–H groups in total. The van der Waals surface area contributed by atoms with Crippen molar-refractivity contribution in [3.05, 3.63) is 119 Å². The van der Waals surface area contributed by atoms with E-state index >= 15 is 0 Å². The minimum Gasteiger partial charge on any atom is -0.464 e. The number of hydrogen-bond donors (Lipinski definition) is 2. The maximum absolute atomic E-state index is 12.8. The van der Waals surface area contributed by atoms with E-state index in [4.69, 9.17) is 13.8 Å². The second-order valence-electron chi connectivity index (χ2n) is 12.0. The van der Waals surface area contributed by atoms with E-state index in [1.807, 2.05) is 48.7 Å². The lowest BCUT2D eigenvalue weighted by molar-refractivity contribution is -0.134. The molecule has 1 atom stereocenters. The van der Waals surface area contributed by atoms with Crippen molar-refractivity contribution in [2.45, 2.75) is 18.8 Å². The van der Waals surface area contributed by atoms with E-state index in [1.54, 1.807) is 49.8 Å². The summed E-state index contributed by atoms with van der Waals surface area (Å²) in [7, 11) is 1.68. The van der Waals surface area contributed by atoms with E-state index in [9.17, 15) is 19.2 Å². The van der Waals surface area contributed by atoms with Crippen molar-refractivity contribution >= 4 is 50.6 Å². The number of pyridine rings is 2. The average Bonchev–Trinajstić information content (AvgIpc) is 3.68. The fourth-order valence-electron chi connectivity index (χ4n) is 6.30. The second-order valence-corrected chi connectivity index (χ2v) is 12.0. The Morgan fingerprint density at radius 1 is 0.960 bits per heavy atom. The van der Waals surface area contributed by atoms with Crippen molar-refractivity contribution < 1.29 is 23.2 Å². The van der Waals surface area contributed by atoms with Crippen LogP contribution < -0.4 is 16.4 Å². The van der Waals surface area contributed by atoms with E-state index < -0.39 is 11.7 Å². The molecule has 0 saturated carbocycles. The van der Waals surface area contributed by atoms with Crippen molar-refractivity contribution in [2.24, 2.45) is 7.05 Å². The van der Waals surface area contributed by atoms with Crippen LogP contribution >= 0.6 is 0 Å². The first kappa shape index (κ1) is 30.5. The lowest BCUT2D eigenvalue weighted by atomic mass is 9.90. The summed E-state index contributed by atoms with van der Waals surface area (Å²) in [5.41, 5.74) is 6.92. The van der Waals surface area contributed by atoms with Crippen LogP contribution in [0.1, 0.15) is 40.4 Å². The van der Waals surface area contributed by atoms with Crippen molar-refractivity contribution in [3.63, 3.8) is 0 Å². The van der Waals surface area contributed by atoms with Crippen molar-refractivity contribution in [1.82, 2.24) is 25.2 Å². The number of furan rings is 1. The van der Waals surface area contributed by atoms with Gasteiger partial charge >= 0.3 is 5.76 Å². The minimum absolute atomic E-state index is 0.101. The maximum atomic E-state index is 12.8. The number of hydrogen-bond acceptors (Lipinski definition) is 8. The Bertz CT molecular complexity index is 2640. The molecule has 0 aliphatic carbocycles. The van der Waals surface area contributed by atoms with Gasteiger partial charge in [0.05, 0.1) is 29.9 Å². The van der Waals surface area contributed by atoms with Crippen LogP contribution in [0.15, 0.2) is 105 Å². The molecular weight excluding hydrogens is 634 g/mol. The van der Waals surface area contributed by atoms with E-state index in [-0.39, 0.29) is 36.4 Å². The summed E-state index contributed by atoms with van der Waals surface area (Å²) >= 11 is 0. The summed E-state index contributed by atoms with van der Waals surface area (Å²) in [5.74, 6) is 4.18. The number of rotatable bonds is 5. The normalized spacial score (nSPS) is 14.5. The number of carbonyl (C=O) groups is 3. The van der Waals surface area contributed by atoms with Gasteiger partial charge in [0.15, 0.2) is 5.58 Å². The van der Waals surface area contributed by atoms with Gasteiger partial charge in [-0.25, -0.2) is 4.79 Å². The van der Waals surface area contributed by atoms with Gasteiger partial charge in [-0.1, -0.05) is 36.1 Å². The van der Waals surface area contributed by atoms with Gasteiger partial charge < -0.3 is 14.2 Å². The summed E-state index contributed by atoms with van der Waals surface area (Å²) in [6.07, 6.45) is 5.69. The quantitative estimate of drug-likeness (QED) is 0.183. The number of piperidine rings is 1. The van der Waals surface area contributed by atoms with Crippen molar-refractivity contribution in [3.8, 4) is 34.2 Å². The average molecular weight is 662 g/mol. The van der Waals surface area contributed by atoms with Crippen LogP contribution in [-0.4, -0.2) is 38.8 Å². The van der Waals surface area contributed by atoms with Gasteiger partial charge in [0, 0.05) is 53.3 Å². The number of oxazole rings is 1. The first-order valence-corrected chi connectivity index (χ1v) is 15.9. The van der Waals surface area contributed by atoms with Crippen LogP contribution in [0.4, 0.5) is 0 Å². The predicted molar refractivity (Wildman–Crippen MR) is 186 cm³/mol. The van der Waals surface area contributed by atoms with Gasteiger partial charge in [-0.15, -0.1) is 0 Å². The molecule has 3 aromatic carbocycles. The zero-order valence-corrected chi connectivity index (χ0v) is 26.7. The molecule has 11 nitrogen and oxygen atoms in total. The molecule has 11 heteroatoms. The molecule has 1 aliphatic rings. The highest BCUT2D eigenvalue weighted by atomic mass is 16.4. The van der Waals surface area contributed by atoms with Crippen molar-refractivity contribution in [1.29, 1.82) is 0 Å². The molecule has 0 bridgehead atoms. The minimum atomic E-state index is -0.464. The first-order valence-electron chi connectivity index (χ1n) is 15.9. The Kier molecular flexibility index (Phi) is 7.53. The summed E-state index contributed by atoms with van der Waals surface area (Å²) in [4.78, 5) is 57.8. The molecule has 3 amide bonds. The van der Waals surface area contributed by atoms with Crippen LogP contribution in [-0.2, 0) is 16.6 Å². The van der Waals surface area contributed by atoms with Crippen LogP contribution in [0.25, 0.3) is 55.2 Å². The van der Waals surface area contributed by atoms with Gasteiger partial charge in [0.25, 0.3) is 5.91 Å². The van der Waals surface area contributed by atoms with Gasteiger partial charge in [0.1, 0.15) is 11.3 Å². The highest BCUT2D eigenvalue weighted by Crippen LogP contribution is 2.34. The predicted octanol–water partition coefficient (Wildman–Crippen LogP) is 5.46. The van der Waals surface area contributed by atoms with Crippen LogP contribution in [0.3, 0.4) is 0 Å². The molecule has 1 saturated heterocycles. The van der Waals surface area contributed by atoms with E-state index in [1.165, 1.54) is 4.57 Å². The maximum Gasteiger partial charge on any atom is 0.419 e. The Balaban J connectivity index is 0.943. The number of carbonyl (C=O) groups excluding carboxylic acids is 3. The number of aromatic nitrogens is 3. The zero-order chi connectivity index (χ0) is 34.4. The molecule has 0 radical (unpaired) electrons. The van der Waals surface area contributed by atoms with E-state index in [0.717, 1.165) is 38.4 Å². The smallest absolute Gasteiger partial charge is 0.419 e. The monoisotopic (exact) mass is 661 g/mol. The highest BCUT2D eigenvalue weighted by Gasteiger charge is 2.30. The Morgan fingerprint density at radius 3 is 2.66 bits per heavy atom. The molecule has 4 aromatic heterocycles. The van der Waals surface area contributed by atoms with E-state index in [2.05, 4.69) is 27.5 Å². The standard InChI is InChI=1S/C39H27N5O6/c1-44-33-18-24(9-13-35(33)50-39(44)48)26-6-2-5-23-17-32(42-20-29(23)26)25-8-11-31(41-19-25)38(47)40-15-3-4-22-7-12-34-28(16-22)30(21-49-34)27-10-14-36(45)43-37(27)46/h2,5-9,11-13,16-21,27H,10,14-15H2,1H3,(H,40,47)(H,43,45,46). The van der Waals surface area contributed by atoms with Crippen LogP contribution in [0, 0.1) is 11.8 Å². The highest BCUT2D eigenvalue weighted by molar-refractivity contribution is 6.03. The SMILES string of the molecule is Cn1c(=O)oc2ccc(-c3cccc4cc(-c5ccc(C(=O)NCC#Cc6ccc7occ(C8CCC(=O)NC8=O)c7c6)nc5)ncc34)cc21. The number of fused-ring (bicyclic) bond motifs is 3. The van der Waals surface area contributed by atoms with Crippen LogP contribution in [0.5, 0.6) is 0 Å². The van der Waals surface area contributed by atoms with E-state index in [0.29, 0.717) is 34.4 Å². The van der Waals surface area contributed by atoms with Crippen LogP contribution in [0.2, 0.25) is 0 Å². The molecule has 0 spiro atoms. The zero-order valence-electron chi connectivity index (χ0n) is 26.7. The molecule has 7 aromatic rings. The molecule has 5 heterocycles. The number of nitrogens with one attached hydrogen (secondary N) is 2. The summed E-state index contributed by atoms with van der Waals surface area (Å²) in [5, 5.41) is 7.86. The number of nitrogens with zero attached hydrogens (tertiary/aromatic N) is 3. The number of benzene rings is 3. The summed E-state index contributed by atoms with van der Waals surface area (Å²) in [6, 6.07) is 22.5. The molecular formula is C39H27N5O6. The summed E-state index contributed by atoms with van der Waals surface area (Å²) < 4.78 is 12.4. The topological polar surface area (TPSA) is 149 Å². The van der Waals surface area contributed by atoms with Crippen molar-refractivity contribution in [2.75, 3.05) is 6.54 Å². The molecule has 244 valence electrons. The largest absolute Gasteiger partial charge is 0.464 e.